The second kappa shape index (κ2) is 9.35. The van der Waals surface area contributed by atoms with Crippen LogP contribution in [0.25, 0.3) is 43.4 Å². The van der Waals surface area contributed by atoms with E-state index in [0.29, 0.717) is 0 Å². The predicted octanol–water partition coefficient (Wildman–Crippen LogP) is 10.0. The second-order valence-electron chi connectivity index (χ2n) is 11.0. The number of benzene rings is 6. The Labute approximate surface area is 253 Å². The molecule has 0 radical (unpaired) electrons. The van der Waals surface area contributed by atoms with Gasteiger partial charge in [0.15, 0.2) is 0 Å². The van der Waals surface area contributed by atoms with Crippen molar-refractivity contribution in [2.24, 2.45) is 0 Å². The Balaban J connectivity index is 1.23. The van der Waals surface area contributed by atoms with E-state index < -0.39 is 5.41 Å². The minimum Gasteiger partial charge on any atom is -0.457 e. The highest BCUT2D eigenvalue weighted by Gasteiger charge is 2.50. The molecule has 6 aromatic carbocycles. The van der Waals surface area contributed by atoms with Gasteiger partial charge in [-0.1, -0.05) is 133 Å². The number of ether oxygens (including phenoxy) is 1. The van der Waals surface area contributed by atoms with Crippen molar-refractivity contribution in [2.75, 3.05) is 0 Å². The molecular weight excluding hydrogens is 545 g/mol. The van der Waals surface area contributed by atoms with Gasteiger partial charge < -0.3 is 4.74 Å². The van der Waals surface area contributed by atoms with Gasteiger partial charge in [-0.05, 0) is 57.6 Å². The Morgan fingerprint density at radius 2 is 0.977 bits per heavy atom. The summed E-state index contributed by atoms with van der Waals surface area (Å²) >= 11 is 1.62. The fourth-order valence-electron chi connectivity index (χ4n) is 6.91. The maximum Gasteiger partial charge on any atom is 0.148 e. The number of rotatable bonds is 3. The van der Waals surface area contributed by atoms with E-state index in [1.54, 1.807) is 11.3 Å². The Morgan fingerprint density at radius 3 is 1.74 bits per heavy atom. The molecule has 7 aromatic rings. The zero-order valence-corrected chi connectivity index (χ0v) is 23.9. The summed E-state index contributed by atoms with van der Waals surface area (Å²) in [7, 11) is 0. The molecule has 1 spiro atoms. The fraction of sp³-hybridized carbons (Fsp3) is 0.0256. The molecule has 0 saturated carbocycles. The van der Waals surface area contributed by atoms with Gasteiger partial charge in [0.25, 0.3) is 0 Å². The quantitative estimate of drug-likeness (QED) is 0.213. The molecule has 0 atom stereocenters. The van der Waals surface area contributed by atoms with E-state index in [0.717, 1.165) is 49.3 Å². The summed E-state index contributed by atoms with van der Waals surface area (Å²) in [6.07, 6.45) is 0. The van der Waals surface area contributed by atoms with Crippen molar-refractivity contribution < 1.29 is 4.74 Å². The lowest BCUT2D eigenvalue weighted by Gasteiger charge is -2.39. The van der Waals surface area contributed by atoms with Gasteiger partial charge in [-0.25, -0.2) is 0 Å². The lowest BCUT2D eigenvalue weighted by Crippen LogP contribution is -2.32. The summed E-state index contributed by atoms with van der Waals surface area (Å²) in [6, 6.07) is 51.6. The van der Waals surface area contributed by atoms with Gasteiger partial charge in [-0.2, -0.15) is 0 Å². The lowest BCUT2D eigenvalue weighted by atomic mass is 9.66. The molecule has 0 bridgehead atoms. The first kappa shape index (κ1) is 24.3. The third-order valence-electron chi connectivity index (χ3n) is 8.74. The highest BCUT2D eigenvalue weighted by molar-refractivity contribution is 7.17. The molecule has 0 N–H and O–H groups in total. The minimum atomic E-state index is -0.477. The van der Waals surface area contributed by atoms with Crippen molar-refractivity contribution in [1.82, 2.24) is 10.2 Å². The van der Waals surface area contributed by atoms with Gasteiger partial charge >= 0.3 is 0 Å². The zero-order valence-electron chi connectivity index (χ0n) is 23.1. The van der Waals surface area contributed by atoms with Crippen LogP contribution < -0.4 is 4.74 Å². The van der Waals surface area contributed by atoms with Crippen LogP contribution in [0.15, 0.2) is 146 Å². The first-order valence-electron chi connectivity index (χ1n) is 14.4. The van der Waals surface area contributed by atoms with E-state index in [4.69, 9.17) is 4.74 Å². The van der Waals surface area contributed by atoms with Crippen LogP contribution in [-0.2, 0) is 5.41 Å². The highest BCUT2D eigenvalue weighted by atomic mass is 32.1. The van der Waals surface area contributed by atoms with Crippen molar-refractivity contribution in [3.63, 3.8) is 0 Å². The molecule has 202 valence electrons. The van der Waals surface area contributed by atoms with E-state index in [-0.39, 0.29) is 0 Å². The van der Waals surface area contributed by atoms with E-state index in [1.165, 1.54) is 27.8 Å². The van der Waals surface area contributed by atoms with Crippen LogP contribution in [0, 0.1) is 0 Å². The van der Waals surface area contributed by atoms with Crippen LogP contribution in [0.1, 0.15) is 22.3 Å². The van der Waals surface area contributed by atoms with E-state index in [1.807, 2.05) is 18.2 Å². The monoisotopic (exact) mass is 568 g/mol. The molecule has 1 aliphatic carbocycles. The first-order valence-corrected chi connectivity index (χ1v) is 15.2. The maximum absolute atomic E-state index is 6.61. The average Bonchev–Trinajstić information content (AvgIpc) is 3.69. The second-order valence-corrected chi connectivity index (χ2v) is 12.0. The Bertz CT molecular complexity index is 2140. The van der Waals surface area contributed by atoms with Crippen LogP contribution in [-0.4, -0.2) is 10.2 Å². The minimum absolute atomic E-state index is 0.477. The summed E-state index contributed by atoms with van der Waals surface area (Å²) in [5.74, 6) is 1.79. The molecule has 43 heavy (non-hydrogen) atoms. The zero-order chi connectivity index (χ0) is 28.4. The number of aromatic nitrogens is 2. The van der Waals surface area contributed by atoms with Crippen molar-refractivity contribution in [1.29, 1.82) is 0 Å². The predicted molar refractivity (Wildman–Crippen MR) is 174 cm³/mol. The molecular formula is C39H24N2OS. The van der Waals surface area contributed by atoms with Crippen LogP contribution in [0.2, 0.25) is 0 Å². The lowest BCUT2D eigenvalue weighted by molar-refractivity contribution is 0.436. The Kier molecular flexibility index (Phi) is 5.28. The summed E-state index contributed by atoms with van der Waals surface area (Å²) < 4.78 is 6.61. The Hall–Kier alpha value is -5.32. The van der Waals surface area contributed by atoms with Crippen LogP contribution in [0.3, 0.4) is 0 Å². The summed E-state index contributed by atoms with van der Waals surface area (Å²) in [5.41, 5.74) is 11.4. The number of para-hydroxylation sites is 1. The summed E-state index contributed by atoms with van der Waals surface area (Å²) in [6.45, 7) is 0. The molecule has 0 amide bonds. The van der Waals surface area contributed by atoms with Crippen molar-refractivity contribution >= 4 is 11.3 Å². The topological polar surface area (TPSA) is 35.0 Å². The van der Waals surface area contributed by atoms with Gasteiger partial charge in [-0.15, -0.1) is 10.2 Å². The van der Waals surface area contributed by atoms with E-state index >= 15 is 0 Å². The van der Waals surface area contributed by atoms with Crippen molar-refractivity contribution in [2.45, 2.75) is 5.41 Å². The SMILES string of the molecule is c1ccc(-c2nnc(-c3cccc(-c4ccc5c(c4)C4(c6ccccc6O5)c5ccccc5-c5ccccc54)c3)s2)cc1. The maximum atomic E-state index is 6.61. The third kappa shape index (κ3) is 3.54. The molecule has 0 fully saturated rings. The Morgan fingerprint density at radius 1 is 0.419 bits per heavy atom. The normalized spacial score (nSPS) is 13.5. The largest absolute Gasteiger partial charge is 0.457 e. The van der Waals surface area contributed by atoms with E-state index in [2.05, 4.69) is 138 Å². The van der Waals surface area contributed by atoms with Gasteiger partial charge in [-0.3, -0.25) is 0 Å². The van der Waals surface area contributed by atoms with Gasteiger partial charge in [0.05, 0.1) is 5.41 Å². The molecule has 1 aromatic heterocycles. The fourth-order valence-corrected chi connectivity index (χ4v) is 7.75. The molecule has 4 heteroatoms. The van der Waals surface area contributed by atoms with Crippen molar-refractivity contribution in [3.05, 3.63) is 168 Å². The summed E-state index contributed by atoms with van der Waals surface area (Å²) in [4.78, 5) is 0. The third-order valence-corrected chi connectivity index (χ3v) is 9.76. The molecule has 9 rings (SSSR count). The molecule has 0 saturated heterocycles. The van der Waals surface area contributed by atoms with Crippen LogP contribution in [0.5, 0.6) is 11.5 Å². The van der Waals surface area contributed by atoms with Gasteiger partial charge in [0, 0.05) is 22.3 Å². The van der Waals surface area contributed by atoms with Gasteiger partial charge in [0.2, 0.25) is 0 Å². The number of nitrogens with zero attached hydrogens (tertiary/aromatic N) is 2. The van der Waals surface area contributed by atoms with Crippen LogP contribution in [0.4, 0.5) is 0 Å². The molecule has 2 heterocycles. The molecule has 3 nitrogen and oxygen atoms in total. The molecule has 1 aliphatic heterocycles. The van der Waals surface area contributed by atoms with Crippen molar-refractivity contribution in [3.8, 4) is 54.9 Å². The smallest absolute Gasteiger partial charge is 0.148 e. The van der Waals surface area contributed by atoms with Gasteiger partial charge in [0.1, 0.15) is 21.5 Å². The first-order chi connectivity index (χ1) is 21.3. The van der Waals surface area contributed by atoms with E-state index in [9.17, 15) is 0 Å². The average molecular weight is 569 g/mol. The number of fused-ring (bicyclic) bond motifs is 9. The number of hydrogen-bond acceptors (Lipinski definition) is 4. The highest BCUT2D eigenvalue weighted by Crippen LogP contribution is 2.62. The summed E-state index contributed by atoms with van der Waals surface area (Å²) in [5, 5.41) is 10.9. The standard InChI is InChI=1S/C39H24N2OS/c1-2-11-25(12-3-1)37-40-41-38(43-37)28-14-10-13-26(23-28)27-21-22-36-34(24-27)39(33-19-8-9-20-35(33)42-36)31-17-6-4-15-29(31)30-16-5-7-18-32(30)39/h1-24H. The molecule has 0 unspecified atom stereocenters. The number of hydrogen-bond donors (Lipinski definition) is 0. The van der Waals surface area contributed by atoms with Crippen LogP contribution >= 0.6 is 11.3 Å². The molecule has 2 aliphatic rings.